The molecule has 4 heteroatoms. The van der Waals surface area contributed by atoms with Crippen molar-refractivity contribution in [3.63, 3.8) is 0 Å². The lowest BCUT2D eigenvalue weighted by Gasteiger charge is -2.15. The fourth-order valence-corrected chi connectivity index (χ4v) is 2.01. The summed E-state index contributed by atoms with van der Waals surface area (Å²) in [5.41, 5.74) is 3.05. The van der Waals surface area contributed by atoms with E-state index in [-0.39, 0.29) is 5.41 Å². The maximum absolute atomic E-state index is 5.23. The molecule has 4 nitrogen and oxygen atoms in total. The molecular formula is C14H19N3O. The smallest absolute Gasteiger partial charge is 0.121 e. The molecule has 96 valence electrons. The summed E-state index contributed by atoms with van der Waals surface area (Å²) >= 11 is 0. The van der Waals surface area contributed by atoms with E-state index < -0.39 is 0 Å². The Morgan fingerprint density at radius 2 is 1.94 bits per heavy atom. The Balaban J connectivity index is 2.49. The first-order valence-electron chi connectivity index (χ1n) is 6.00. The minimum atomic E-state index is 0.00119. The van der Waals surface area contributed by atoms with Crippen LogP contribution in [-0.2, 0) is 5.41 Å². The summed E-state index contributed by atoms with van der Waals surface area (Å²) < 4.78 is 7.08. The van der Waals surface area contributed by atoms with Gasteiger partial charge in [-0.3, -0.25) is 0 Å². The molecule has 0 fully saturated rings. The molecule has 0 bridgehead atoms. The van der Waals surface area contributed by atoms with E-state index in [1.54, 1.807) is 7.11 Å². The van der Waals surface area contributed by atoms with Crippen molar-refractivity contribution in [2.24, 2.45) is 0 Å². The number of hydrogen-bond donors (Lipinski definition) is 0. The predicted molar refractivity (Wildman–Crippen MR) is 71.3 cm³/mol. The van der Waals surface area contributed by atoms with E-state index >= 15 is 0 Å². The van der Waals surface area contributed by atoms with Crippen molar-refractivity contribution in [1.82, 2.24) is 15.0 Å². The quantitative estimate of drug-likeness (QED) is 0.816. The average Bonchev–Trinajstić information content (AvgIpc) is 2.71. The highest BCUT2D eigenvalue weighted by Crippen LogP contribution is 2.25. The minimum Gasteiger partial charge on any atom is -0.497 e. The molecule has 2 aromatic rings. The molecule has 0 aliphatic rings. The summed E-state index contributed by atoms with van der Waals surface area (Å²) in [4.78, 5) is 0. The number of methoxy groups -OCH3 is 1. The molecule has 1 aromatic carbocycles. The summed E-state index contributed by atoms with van der Waals surface area (Å²) in [5.74, 6) is 0.819. The van der Waals surface area contributed by atoms with E-state index in [9.17, 15) is 0 Å². The van der Waals surface area contributed by atoms with Crippen LogP contribution in [0, 0.1) is 6.92 Å². The first-order chi connectivity index (χ1) is 8.43. The van der Waals surface area contributed by atoms with Crippen LogP contribution in [0.2, 0.25) is 0 Å². The second kappa shape index (κ2) is 4.44. The van der Waals surface area contributed by atoms with Gasteiger partial charge in [0.15, 0.2) is 0 Å². The van der Waals surface area contributed by atoms with Gasteiger partial charge in [0.25, 0.3) is 0 Å². The monoisotopic (exact) mass is 245 g/mol. The molecule has 0 aliphatic heterocycles. The molecule has 1 heterocycles. The van der Waals surface area contributed by atoms with Gasteiger partial charge in [0.2, 0.25) is 0 Å². The maximum atomic E-state index is 5.23. The molecule has 0 unspecified atom stereocenters. The standard InChI is InChI=1S/C14H19N3O/c1-10-13(14(2,3)4)15-16-17(10)11-7-6-8-12(9-11)18-5/h6-9H,1-5H3. The number of rotatable bonds is 2. The van der Waals surface area contributed by atoms with E-state index in [4.69, 9.17) is 4.74 Å². The summed E-state index contributed by atoms with van der Waals surface area (Å²) in [5, 5.41) is 8.53. The molecule has 1 aromatic heterocycles. The lowest BCUT2D eigenvalue weighted by molar-refractivity contribution is 0.414. The van der Waals surface area contributed by atoms with Gasteiger partial charge < -0.3 is 4.74 Å². The second-order valence-electron chi connectivity index (χ2n) is 5.39. The Morgan fingerprint density at radius 3 is 2.50 bits per heavy atom. The Labute approximate surface area is 108 Å². The van der Waals surface area contributed by atoms with Gasteiger partial charge in [0.1, 0.15) is 5.75 Å². The normalized spacial score (nSPS) is 11.6. The number of benzene rings is 1. The lowest BCUT2D eigenvalue weighted by Crippen LogP contribution is -2.13. The van der Waals surface area contributed by atoms with Gasteiger partial charge in [0, 0.05) is 11.5 Å². The van der Waals surface area contributed by atoms with Crippen molar-refractivity contribution in [1.29, 1.82) is 0 Å². The van der Waals surface area contributed by atoms with Crippen molar-refractivity contribution in [3.05, 3.63) is 35.7 Å². The van der Waals surface area contributed by atoms with Crippen LogP contribution >= 0.6 is 0 Å². The van der Waals surface area contributed by atoms with Crippen LogP contribution in [0.25, 0.3) is 5.69 Å². The first-order valence-corrected chi connectivity index (χ1v) is 6.00. The van der Waals surface area contributed by atoms with Crippen LogP contribution in [0.15, 0.2) is 24.3 Å². The van der Waals surface area contributed by atoms with E-state index in [0.29, 0.717) is 0 Å². The van der Waals surface area contributed by atoms with Crippen molar-refractivity contribution in [2.45, 2.75) is 33.1 Å². The van der Waals surface area contributed by atoms with Crippen LogP contribution in [-0.4, -0.2) is 22.1 Å². The Bertz CT molecular complexity index is 552. The van der Waals surface area contributed by atoms with Crippen LogP contribution in [0.3, 0.4) is 0 Å². The SMILES string of the molecule is COc1cccc(-n2nnc(C(C)(C)C)c2C)c1. The van der Waals surface area contributed by atoms with Gasteiger partial charge in [0.05, 0.1) is 24.2 Å². The predicted octanol–water partition coefficient (Wildman–Crippen LogP) is 2.88. The van der Waals surface area contributed by atoms with E-state index in [1.165, 1.54) is 0 Å². The summed E-state index contributed by atoms with van der Waals surface area (Å²) in [6, 6.07) is 7.82. The third-order valence-corrected chi connectivity index (χ3v) is 2.90. The maximum Gasteiger partial charge on any atom is 0.121 e. The highest BCUT2D eigenvalue weighted by atomic mass is 16.5. The van der Waals surface area contributed by atoms with Gasteiger partial charge in [-0.2, -0.15) is 0 Å². The second-order valence-corrected chi connectivity index (χ2v) is 5.39. The number of aromatic nitrogens is 3. The van der Waals surface area contributed by atoms with Crippen molar-refractivity contribution >= 4 is 0 Å². The number of hydrogen-bond acceptors (Lipinski definition) is 3. The molecule has 0 amide bonds. The van der Waals surface area contributed by atoms with Crippen LogP contribution in [0.1, 0.15) is 32.2 Å². The Morgan fingerprint density at radius 1 is 1.22 bits per heavy atom. The number of nitrogens with zero attached hydrogens (tertiary/aromatic N) is 3. The molecule has 2 rings (SSSR count). The van der Waals surface area contributed by atoms with Gasteiger partial charge in [-0.15, -0.1) is 5.10 Å². The number of ether oxygens (including phenoxy) is 1. The summed E-state index contributed by atoms with van der Waals surface area (Å²) in [6.07, 6.45) is 0. The fraction of sp³-hybridized carbons (Fsp3) is 0.429. The molecule has 0 N–H and O–H groups in total. The van der Waals surface area contributed by atoms with Gasteiger partial charge in [-0.1, -0.05) is 32.1 Å². The molecule has 0 saturated carbocycles. The average molecular weight is 245 g/mol. The molecule has 0 saturated heterocycles. The van der Waals surface area contributed by atoms with E-state index in [2.05, 4.69) is 31.1 Å². The van der Waals surface area contributed by atoms with E-state index in [0.717, 1.165) is 22.8 Å². The van der Waals surface area contributed by atoms with Crippen molar-refractivity contribution < 1.29 is 4.74 Å². The molecule has 0 atom stereocenters. The van der Waals surface area contributed by atoms with Gasteiger partial charge >= 0.3 is 0 Å². The largest absolute Gasteiger partial charge is 0.497 e. The van der Waals surface area contributed by atoms with Crippen LogP contribution in [0.5, 0.6) is 5.75 Å². The Kier molecular flexibility index (Phi) is 3.11. The zero-order chi connectivity index (χ0) is 13.3. The molecule has 18 heavy (non-hydrogen) atoms. The molecule has 0 radical (unpaired) electrons. The van der Waals surface area contributed by atoms with E-state index in [1.807, 2.05) is 35.9 Å². The van der Waals surface area contributed by atoms with Crippen molar-refractivity contribution in [2.75, 3.05) is 7.11 Å². The van der Waals surface area contributed by atoms with Gasteiger partial charge in [-0.25, -0.2) is 4.68 Å². The minimum absolute atomic E-state index is 0.00119. The molecular weight excluding hydrogens is 226 g/mol. The third kappa shape index (κ3) is 2.23. The van der Waals surface area contributed by atoms with Crippen molar-refractivity contribution in [3.8, 4) is 11.4 Å². The zero-order valence-electron chi connectivity index (χ0n) is 11.6. The summed E-state index contributed by atoms with van der Waals surface area (Å²) in [7, 11) is 1.66. The molecule has 0 aliphatic carbocycles. The third-order valence-electron chi connectivity index (χ3n) is 2.90. The molecule has 0 spiro atoms. The summed E-state index contributed by atoms with van der Waals surface area (Å²) in [6.45, 7) is 8.46. The van der Waals surface area contributed by atoms with Gasteiger partial charge in [-0.05, 0) is 19.1 Å². The van der Waals surface area contributed by atoms with Crippen LogP contribution in [0.4, 0.5) is 0 Å². The lowest BCUT2D eigenvalue weighted by atomic mass is 9.91. The first kappa shape index (κ1) is 12.6. The zero-order valence-corrected chi connectivity index (χ0v) is 11.6. The highest BCUT2D eigenvalue weighted by Gasteiger charge is 2.22. The van der Waals surface area contributed by atoms with Crippen LogP contribution < -0.4 is 4.74 Å². The topological polar surface area (TPSA) is 39.9 Å². The highest BCUT2D eigenvalue weighted by molar-refractivity contribution is 5.40. The Hall–Kier alpha value is -1.84. The fourth-order valence-electron chi connectivity index (χ4n) is 2.01.